The largest absolute Gasteiger partial charge is 0.494 e. The van der Waals surface area contributed by atoms with Crippen molar-refractivity contribution in [1.29, 1.82) is 0 Å². The quantitative estimate of drug-likeness (QED) is 0.265. The maximum absolute atomic E-state index is 12.3. The van der Waals surface area contributed by atoms with Gasteiger partial charge in [-0.1, -0.05) is 26.8 Å². The van der Waals surface area contributed by atoms with E-state index in [-0.39, 0.29) is 32.8 Å². The lowest BCUT2D eigenvalue weighted by Gasteiger charge is -2.60. The molecule has 6 rings (SSSR count). The zero-order valence-corrected chi connectivity index (χ0v) is 33.3. The lowest BCUT2D eigenvalue weighted by atomic mass is 9.45. The summed E-state index contributed by atoms with van der Waals surface area (Å²) in [5.41, 5.74) is 5.61. The number of nitrogens with one attached hydrogen (secondary N) is 1. The van der Waals surface area contributed by atoms with Crippen molar-refractivity contribution in [1.82, 2.24) is 10.3 Å². The Hall–Kier alpha value is -3.50. The molecule has 1 aromatic carbocycles. The van der Waals surface area contributed by atoms with Gasteiger partial charge in [0.1, 0.15) is 11.4 Å². The van der Waals surface area contributed by atoms with Crippen molar-refractivity contribution in [2.24, 2.45) is 39.5 Å². The van der Waals surface area contributed by atoms with Crippen LogP contribution in [-0.4, -0.2) is 67.4 Å². The van der Waals surface area contributed by atoms with Crippen LogP contribution in [0.25, 0.3) is 10.2 Å². The normalized spacial score (nSPS) is 30.6. The van der Waals surface area contributed by atoms with Crippen LogP contribution in [0, 0.1) is 28.6 Å². The maximum atomic E-state index is 12.3. The Morgan fingerprint density at radius 3 is 2.38 bits per heavy atom. The number of rotatable bonds is 7. The van der Waals surface area contributed by atoms with E-state index in [2.05, 4.69) is 18.8 Å². The van der Waals surface area contributed by atoms with E-state index in [1.807, 2.05) is 25.2 Å². The molecule has 2 aromatic rings. The fraction of sp³-hybridized carbons (Fsp3) is 0.605. The Kier molecular flexibility index (Phi) is 13.1. The standard InChI is InChI=1S/C22H32O4.C9H10N2O3S2.C7H12N2O2/c1-13(23)22(25)10-7-17-15-12-19(26-4)18-11-14(24)5-8-20(18,2)16(15)6-9-21(17,22)3;1-2-14-6-3-4-7-8(5-6)15-9(11-7)16(10,12)13;1-3-5(4-2)6(10)9-7(8)11/h11,15-17,19,25H,5-10,12H2,1-4H3;3-5H,2H2,1H3,(H2,10,12,13);3H,4H2,1-2H3,(H3,8,9,10,11)/b;;5-3-/t15-,16+,17+,19+,20-,21+,22+;;/m1../s1. The number of amides is 3. The number of primary sulfonamides is 1. The summed E-state index contributed by atoms with van der Waals surface area (Å²) in [4.78, 5) is 49.5. The second-order valence-corrected chi connectivity index (χ2v) is 17.6. The van der Waals surface area contributed by atoms with Gasteiger partial charge in [0.05, 0.1) is 22.9 Å². The number of aliphatic hydroxyl groups is 1. The number of Topliss-reactive ketones (excluding diaryl/α,β-unsaturated/α-hetero) is 1. The Bertz CT molecular complexity index is 1910. The molecule has 7 atom stereocenters. The number of hydrogen-bond acceptors (Lipinski definition) is 11. The van der Waals surface area contributed by atoms with Crippen molar-refractivity contribution in [3.05, 3.63) is 41.5 Å². The van der Waals surface area contributed by atoms with Crippen LogP contribution < -0.4 is 20.9 Å². The van der Waals surface area contributed by atoms with Crippen LogP contribution in [0.4, 0.5) is 4.79 Å². The van der Waals surface area contributed by atoms with E-state index in [1.54, 1.807) is 45.2 Å². The number of allylic oxidation sites excluding steroid dienone is 1. The molecule has 0 bridgehead atoms. The molecule has 3 fully saturated rings. The number of urea groups is 1. The second-order valence-electron chi connectivity index (χ2n) is 14.8. The number of carbonyl (C=O) groups excluding carboxylic acids is 4. The van der Waals surface area contributed by atoms with E-state index in [9.17, 15) is 32.7 Å². The van der Waals surface area contributed by atoms with Gasteiger partial charge in [-0.15, -0.1) is 11.3 Å². The Labute approximate surface area is 316 Å². The van der Waals surface area contributed by atoms with Crippen molar-refractivity contribution in [2.75, 3.05) is 13.7 Å². The highest BCUT2D eigenvalue weighted by Gasteiger charge is 2.66. The number of sulfonamides is 1. The first kappa shape index (κ1) is 42.2. The van der Waals surface area contributed by atoms with Crippen LogP contribution in [0.2, 0.25) is 0 Å². The van der Waals surface area contributed by atoms with Gasteiger partial charge in [-0.05, 0) is 119 Å². The van der Waals surface area contributed by atoms with Crippen molar-refractivity contribution < 1.29 is 42.2 Å². The van der Waals surface area contributed by atoms with Gasteiger partial charge in [0.2, 0.25) is 4.34 Å². The molecule has 0 saturated heterocycles. The summed E-state index contributed by atoms with van der Waals surface area (Å²) in [5.74, 6) is 1.74. The summed E-state index contributed by atoms with van der Waals surface area (Å²) in [6, 6.07) is 4.40. The van der Waals surface area contributed by atoms with E-state index in [1.165, 1.54) is 5.57 Å². The van der Waals surface area contributed by atoms with Crippen molar-refractivity contribution >= 4 is 55.1 Å². The summed E-state index contributed by atoms with van der Waals surface area (Å²) >= 11 is 1.04. The number of nitrogens with two attached hydrogens (primary N) is 2. The van der Waals surface area contributed by atoms with E-state index in [0.29, 0.717) is 60.5 Å². The van der Waals surface area contributed by atoms with Gasteiger partial charge in [0.25, 0.3) is 15.9 Å². The van der Waals surface area contributed by atoms with Gasteiger partial charge in [-0.3, -0.25) is 19.7 Å². The average Bonchev–Trinajstić information content (AvgIpc) is 3.65. The van der Waals surface area contributed by atoms with Gasteiger partial charge in [-0.25, -0.2) is 23.3 Å². The van der Waals surface area contributed by atoms with Gasteiger partial charge >= 0.3 is 6.03 Å². The number of ketones is 2. The highest BCUT2D eigenvalue weighted by atomic mass is 32.2. The minimum Gasteiger partial charge on any atom is -0.494 e. The van der Waals surface area contributed by atoms with Crippen LogP contribution in [0.5, 0.6) is 5.75 Å². The van der Waals surface area contributed by atoms with Gasteiger partial charge in [0.15, 0.2) is 11.6 Å². The first-order chi connectivity index (χ1) is 24.8. The lowest BCUT2D eigenvalue weighted by molar-refractivity contribution is -0.163. The summed E-state index contributed by atoms with van der Waals surface area (Å²) in [7, 11) is -1.98. The number of methoxy groups -OCH3 is 1. The number of fused-ring (bicyclic) bond motifs is 6. The predicted molar refractivity (Wildman–Crippen MR) is 202 cm³/mol. The van der Waals surface area contributed by atoms with E-state index < -0.39 is 27.6 Å². The topological polar surface area (TPSA) is 218 Å². The Balaban J connectivity index is 0.000000198. The number of benzene rings is 1. The second kappa shape index (κ2) is 16.5. The zero-order chi connectivity index (χ0) is 39.5. The number of hydrogen-bond donors (Lipinski definition) is 4. The summed E-state index contributed by atoms with van der Waals surface area (Å²) < 4.78 is 34.0. The molecule has 3 amide bonds. The summed E-state index contributed by atoms with van der Waals surface area (Å²) in [6.07, 6.45) is 9.94. The number of imide groups is 1. The number of thiazole rings is 1. The van der Waals surface area contributed by atoms with E-state index >= 15 is 0 Å². The minimum absolute atomic E-state index is 0.00969. The molecule has 292 valence electrons. The van der Waals surface area contributed by atoms with E-state index in [4.69, 9.17) is 20.3 Å². The van der Waals surface area contributed by atoms with Crippen LogP contribution in [0.1, 0.15) is 92.9 Å². The monoisotopic (exact) mass is 774 g/mol. The smallest absolute Gasteiger partial charge is 0.319 e. The molecule has 1 aromatic heterocycles. The van der Waals surface area contributed by atoms with Crippen LogP contribution in [0.3, 0.4) is 0 Å². The Morgan fingerprint density at radius 1 is 1.13 bits per heavy atom. The first-order valence-electron chi connectivity index (χ1n) is 18.1. The molecule has 6 N–H and O–H groups in total. The van der Waals surface area contributed by atoms with Crippen molar-refractivity contribution in [2.45, 2.75) is 109 Å². The molecule has 0 unspecified atom stereocenters. The molecular formula is C38H54N4O9S2. The summed E-state index contributed by atoms with van der Waals surface area (Å²) in [6.45, 7) is 12.0. The third-order valence-corrected chi connectivity index (χ3v) is 14.5. The molecule has 0 aliphatic heterocycles. The van der Waals surface area contributed by atoms with Gasteiger partial charge in [-0.2, -0.15) is 0 Å². The minimum atomic E-state index is -3.72. The van der Waals surface area contributed by atoms with Gasteiger partial charge in [0, 0.05) is 24.5 Å². The number of aromatic nitrogens is 1. The van der Waals surface area contributed by atoms with Gasteiger partial charge < -0.3 is 20.3 Å². The van der Waals surface area contributed by atoms with Crippen molar-refractivity contribution in [3.8, 4) is 5.75 Å². The number of nitrogens with zero attached hydrogens (tertiary/aromatic N) is 1. The number of ether oxygens (including phenoxy) is 2. The SMILES string of the molecule is C/C=C(/CC)C(=O)NC(N)=O.CCOc1ccc2nc(S(N)(=O)=O)sc2c1.CO[C@H]1C[C@@H]2[C@H](CC[C@@]3(C)[C@H]2CC[C@]3(O)C(C)=O)[C@@]2(C)CCC(=O)C=C12. The predicted octanol–water partition coefficient (Wildman–Crippen LogP) is 5.34. The lowest BCUT2D eigenvalue weighted by Crippen LogP contribution is -2.58. The molecule has 4 aliphatic rings. The van der Waals surface area contributed by atoms with Crippen molar-refractivity contribution in [3.63, 3.8) is 0 Å². The first-order valence-corrected chi connectivity index (χ1v) is 20.5. The third-order valence-electron chi connectivity index (χ3n) is 12.1. The van der Waals surface area contributed by atoms with Crippen LogP contribution in [0.15, 0.2) is 45.8 Å². The molecule has 1 heterocycles. The fourth-order valence-corrected chi connectivity index (χ4v) is 11.0. The molecule has 15 heteroatoms. The zero-order valence-electron chi connectivity index (χ0n) is 31.7. The molecule has 0 radical (unpaired) electrons. The molecule has 3 saturated carbocycles. The fourth-order valence-electron chi connectivity index (χ4n) is 9.35. The molecule has 13 nitrogen and oxygen atoms in total. The van der Waals surface area contributed by atoms with Crippen LogP contribution >= 0.6 is 11.3 Å². The number of carbonyl (C=O) groups is 4. The maximum Gasteiger partial charge on any atom is 0.319 e. The number of primary amides is 1. The average molecular weight is 775 g/mol. The van der Waals surface area contributed by atoms with E-state index in [0.717, 1.165) is 48.1 Å². The Morgan fingerprint density at radius 2 is 1.81 bits per heavy atom. The summed E-state index contributed by atoms with van der Waals surface area (Å²) in [5, 5.41) is 18.2. The third kappa shape index (κ3) is 8.44. The highest BCUT2D eigenvalue weighted by molar-refractivity contribution is 7.91. The molecule has 53 heavy (non-hydrogen) atoms. The molecule has 4 aliphatic carbocycles. The van der Waals surface area contributed by atoms with Crippen LogP contribution in [-0.2, 0) is 29.1 Å². The molecule has 0 spiro atoms. The highest BCUT2D eigenvalue weighted by Crippen LogP contribution is 2.67. The molecular weight excluding hydrogens is 721 g/mol.